The van der Waals surface area contributed by atoms with Crippen LogP contribution >= 0.6 is 11.3 Å². The predicted octanol–water partition coefficient (Wildman–Crippen LogP) is 2.78. The van der Waals surface area contributed by atoms with Gasteiger partial charge in [0.1, 0.15) is 0 Å². The lowest BCUT2D eigenvalue weighted by atomic mass is 10.2. The van der Waals surface area contributed by atoms with Gasteiger partial charge in [0.05, 0.1) is 18.7 Å². The molecule has 2 rings (SSSR count). The Morgan fingerprint density at radius 2 is 2.23 bits per heavy atom. The highest BCUT2D eigenvalue weighted by atomic mass is 32.1. The molecule has 0 radical (unpaired) electrons. The topological polar surface area (TPSA) is 33.0 Å². The number of nitriles is 1. The van der Waals surface area contributed by atoms with Crippen molar-refractivity contribution >= 4 is 21.4 Å². The van der Waals surface area contributed by atoms with Crippen LogP contribution < -0.4 is 4.74 Å². The van der Waals surface area contributed by atoms with Gasteiger partial charge < -0.3 is 4.74 Å². The van der Waals surface area contributed by atoms with Gasteiger partial charge in [-0.15, -0.1) is 0 Å². The molecular weight excluding hydrogens is 182 g/mol. The molecule has 0 atom stereocenters. The number of nitrogens with zero attached hydrogens (tertiary/aromatic N) is 1. The van der Waals surface area contributed by atoms with Gasteiger partial charge in [0.15, 0.2) is 5.06 Å². The largest absolute Gasteiger partial charge is 0.487 e. The lowest BCUT2D eigenvalue weighted by Gasteiger charge is -1.87. The van der Waals surface area contributed by atoms with Gasteiger partial charge in [0.2, 0.25) is 0 Å². The van der Waals surface area contributed by atoms with Gasteiger partial charge in [-0.3, -0.25) is 0 Å². The summed E-state index contributed by atoms with van der Waals surface area (Å²) in [6.07, 6.45) is 0. The number of hydrogen-bond donors (Lipinski definition) is 0. The fourth-order valence-corrected chi connectivity index (χ4v) is 2.09. The van der Waals surface area contributed by atoms with Crippen LogP contribution in [0.25, 0.3) is 10.1 Å². The molecule has 0 unspecified atom stereocenters. The van der Waals surface area contributed by atoms with Gasteiger partial charge in [0, 0.05) is 4.70 Å². The zero-order valence-electron chi connectivity index (χ0n) is 7.07. The van der Waals surface area contributed by atoms with E-state index < -0.39 is 0 Å². The molecule has 1 heterocycles. The minimum Gasteiger partial charge on any atom is -0.487 e. The first-order valence-corrected chi connectivity index (χ1v) is 4.63. The lowest BCUT2D eigenvalue weighted by Crippen LogP contribution is -1.73. The second-order valence-electron chi connectivity index (χ2n) is 2.63. The highest BCUT2D eigenvalue weighted by molar-refractivity contribution is 7.20. The van der Waals surface area contributed by atoms with Crippen molar-refractivity contribution in [1.29, 1.82) is 5.26 Å². The van der Waals surface area contributed by atoms with Gasteiger partial charge in [-0.2, -0.15) is 5.26 Å². The SMILES string of the molecule is COc1cc2ccc(C#N)cc2s1. The highest BCUT2D eigenvalue weighted by Crippen LogP contribution is 2.31. The molecule has 1 aromatic carbocycles. The summed E-state index contributed by atoms with van der Waals surface area (Å²) >= 11 is 1.55. The minimum absolute atomic E-state index is 0.692. The van der Waals surface area contributed by atoms with Crippen molar-refractivity contribution in [2.24, 2.45) is 0 Å². The quantitative estimate of drug-likeness (QED) is 0.691. The summed E-state index contributed by atoms with van der Waals surface area (Å²) in [5.41, 5.74) is 0.692. The summed E-state index contributed by atoms with van der Waals surface area (Å²) in [6.45, 7) is 0. The summed E-state index contributed by atoms with van der Waals surface area (Å²) in [5.74, 6) is 0. The van der Waals surface area contributed by atoms with Crippen molar-refractivity contribution in [2.45, 2.75) is 0 Å². The predicted molar refractivity (Wildman–Crippen MR) is 53.1 cm³/mol. The molecule has 0 saturated carbocycles. The molecular formula is C10H7NOS. The van der Waals surface area contributed by atoms with Gasteiger partial charge >= 0.3 is 0 Å². The molecule has 3 heteroatoms. The van der Waals surface area contributed by atoms with E-state index in [1.54, 1.807) is 18.4 Å². The molecule has 0 aliphatic rings. The third kappa shape index (κ3) is 1.36. The van der Waals surface area contributed by atoms with Crippen molar-refractivity contribution in [3.63, 3.8) is 0 Å². The van der Waals surface area contributed by atoms with Crippen LogP contribution in [0.3, 0.4) is 0 Å². The van der Waals surface area contributed by atoms with E-state index in [2.05, 4.69) is 6.07 Å². The molecule has 2 nitrogen and oxygen atoms in total. The van der Waals surface area contributed by atoms with E-state index in [1.165, 1.54) is 0 Å². The van der Waals surface area contributed by atoms with E-state index in [4.69, 9.17) is 10.00 Å². The second-order valence-corrected chi connectivity index (χ2v) is 3.68. The van der Waals surface area contributed by atoms with Crippen molar-refractivity contribution < 1.29 is 4.74 Å². The highest BCUT2D eigenvalue weighted by Gasteiger charge is 2.01. The number of methoxy groups -OCH3 is 1. The van der Waals surface area contributed by atoms with Crippen LogP contribution in [0.1, 0.15) is 5.56 Å². The Labute approximate surface area is 80.0 Å². The number of thiophene rings is 1. The lowest BCUT2D eigenvalue weighted by molar-refractivity contribution is 0.427. The van der Waals surface area contributed by atoms with Crippen molar-refractivity contribution in [3.8, 4) is 11.1 Å². The third-order valence-corrected chi connectivity index (χ3v) is 2.89. The Morgan fingerprint density at radius 3 is 2.92 bits per heavy atom. The molecule has 64 valence electrons. The normalized spacial score (nSPS) is 9.85. The fourth-order valence-electron chi connectivity index (χ4n) is 1.18. The summed E-state index contributed by atoms with van der Waals surface area (Å²) in [7, 11) is 1.65. The average molecular weight is 189 g/mol. The maximum Gasteiger partial charge on any atom is 0.174 e. The zero-order valence-corrected chi connectivity index (χ0v) is 7.89. The summed E-state index contributed by atoms with van der Waals surface area (Å²) in [5, 5.41) is 10.7. The Balaban J connectivity index is 2.65. The first kappa shape index (κ1) is 8.09. The van der Waals surface area contributed by atoms with Crippen LogP contribution in [0.2, 0.25) is 0 Å². The molecule has 2 aromatic rings. The third-order valence-electron chi connectivity index (χ3n) is 1.83. The second kappa shape index (κ2) is 3.08. The molecule has 1 aromatic heterocycles. The van der Waals surface area contributed by atoms with E-state index in [-0.39, 0.29) is 0 Å². The zero-order chi connectivity index (χ0) is 9.26. The van der Waals surface area contributed by atoms with Gasteiger partial charge in [-0.1, -0.05) is 17.4 Å². The van der Waals surface area contributed by atoms with Crippen molar-refractivity contribution in [1.82, 2.24) is 0 Å². The van der Waals surface area contributed by atoms with Gasteiger partial charge in [-0.05, 0) is 23.6 Å². The number of ether oxygens (including phenoxy) is 1. The van der Waals surface area contributed by atoms with E-state index in [0.717, 1.165) is 15.1 Å². The summed E-state index contributed by atoms with van der Waals surface area (Å²) < 4.78 is 6.20. The summed E-state index contributed by atoms with van der Waals surface area (Å²) in [4.78, 5) is 0. The van der Waals surface area contributed by atoms with Crippen LogP contribution in [-0.4, -0.2) is 7.11 Å². The number of fused-ring (bicyclic) bond motifs is 1. The maximum absolute atomic E-state index is 8.68. The fraction of sp³-hybridized carbons (Fsp3) is 0.100. The molecule has 0 bridgehead atoms. The van der Waals surface area contributed by atoms with Crippen molar-refractivity contribution in [2.75, 3.05) is 7.11 Å². The molecule has 0 aliphatic carbocycles. The molecule has 0 amide bonds. The Bertz CT molecular complexity index is 481. The van der Waals surface area contributed by atoms with E-state index >= 15 is 0 Å². The van der Waals surface area contributed by atoms with Crippen LogP contribution in [0, 0.1) is 11.3 Å². The standard InChI is InChI=1S/C10H7NOS/c1-12-10-5-8-3-2-7(6-11)4-9(8)13-10/h2-5H,1H3. The molecule has 0 aliphatic heterocycles. The van der Waals surface area contributed by atoms with Crippen LogP contribution in [0.4, 0.5) is 0 Å². The van der Waals surface area contributed by atoms with Crippen molar-refractivity contribution in [3.05, 3.63) is 29.8 Å². The van der Waals surface area contributed by atoms with Gasteiger partial charge in [0.25, 0.3) is 0 Å². The van der Waals surface area contributed by atoms with Crippen LogP contribution in [-0.2, 0) is 0 Å². The number of rotatable bonds is 1. The van der Waals surface area contributed by atoms with E-state index in [9.17, 15) is 0 Å². The minimum atomic E-state index is 0.692. The Hall–Kier alpha value is -1.53. The Kier molecular flexibility index (Phi) is 1.91. The average Bonchev–Trinajstić information content (AvgIpc) is 2.58. The van der Waals surface area contributed by atoms with Crippen LogP contribution in [0.15, 0.2) is 24.3 Å². The summed E-state index contributed by atoms with van der Waals surface area (Å²) in [6, 6.07) is 9.71. The molecule has 0 spiro atoms. The smallest absolute Gasteiger partial charge is 0.174 e. The monoisotopic (exact) mass is 189 g/mol. The maximum atomic E-state index is 8.68. The van der Waals surface area contributed by atoms with Crippen LogP contribution in [0.5, 0.6) is 5.06 Å². The molecule has 0 N–H and O–H groups in total. The molecule has 0 fully saturated rings. The first-order valence-electron chi connectivity index (χ1n) is 3.81. The Morgan fingerprint density at radius 1 is 1.38 bits per heavy atom. The number of benzene rings is 1. The van der Waals surface area contributed by atoms with Gasteiger partial charge in [-0.25, -0.2) is 0 Å². The van der Waals surface area contributed by atoms with E-state index in [0.29, 0.717) is 5.56 Å². The van der Waals surface area contributed by atoms with E-state index in [1.807, 2.05) is 24.3 Å². The number of hydrogen-bond acceptors (Lipinski definition) is 3. The molecule has 0 saturated heterocycles. The first-order chi connectivity index (χ1) is 6.33. The molecule has 13 heavy (non-hydrogen) atoms.